The van der Waals surface area contributed by atoms with E-state index in [1.54, 1.807) is 11.3 Å². The summed E-state index contributed by atoms with van der Waals surface area (Å²) >= 11 is 1.56. The fourth-order valence-electron chi connectivity index (χ4n) is 1.60. The van der Waals surface area contributed by atoms with Crippen molar-refractivity contribution >= 4 is 28.6 Å². The third kappa shape index (κ3) is 2.65. The molecule has 3 nitrogen and oxygen atoms in total. The molecule has 1 aromatic heterocycles. The summed E-state index contributed by atoms with van der Waals surface area (Å²) in [6, 6.07) is 7.62. The average molecular weight is 246 g/mol. The van der Waals surface area contributed by atoms with Crippen LogP contribution in [0.5, 0.6) is 0 Å². The van der Waals surface area contributed by atoms with Gasteiger partial charge in [0, 0.05) is 18.1 Å². The lowest BCUT2D eigenvalue weighted by Crippen LogP contribution is -2.13. The molecule has 4 heteroatoms. The number of carbonyl (C=O) groups is 1. The van der Waals surface area contributed by atoms with Crippen LogP contribution in [0.2, 0.25) is 0 Å². The van der Waals surface area contributed by atoms with Gasteiger partial charge in [-0.3, -0.25) is 4.79 Å². The third-order valence-corrected chi connectivity index (χ3v) is 3.15. The molecule has 0 atom stereocenters. The number of hydrogen-bond donors (Lipinski definition) is 2. The molecule has 0 aliphatic carbocycles. The van der Waals surface area contributed by atoms with E-state index in [2.05, 4.69) is 10.6 Å². The molecule has 0 aliphatic heterocycles. The van der Waals surface area contributed by atoms with Crippen molar-refractivity contribution in [1.29, 1.82) is 0 Å². The van der Waals surface area contributed by atoms with Crippen molar-refractivity contribution in [1.82, 2.24) is 0 Å². The smallest absolute Gasteiger partial charge is 0.257 e. The minimum Gasteiger partial charge on any atom is -0.387 e. The molecule has 2 aromatic rings. The van der Waals surface area contributed by atoms with E-state index in [-0.39, 0.29) is 5.91 Å². The number of carbonyl (C=O) groups excluding carboxylic acids is 1. The van der Waals surface area contributed by atoms with Gasteiger partial charge in [0.1, 0.15) is 0 Å². The molecule has 0 bridgehead atoms. The number of aryl methyl sites for hydroxylation is 1. The van der Waals surface area contributed by atoms with Crippen LogP contribution < -0.4 is 10.6 Å². The topological polar surface area (TPSA) is 41.1 Å². The van der Waals surface area contributed by atoms with Crippen molar-refractivity contribution in [3.63, 3.8) is 0 Å². The number of hydrogen-bond acceptors (Lipinski definition) is 3. The van der Waals surface area contributed by atoms with E-state index in [1.807, 2.05) is 49.0 Å². The van der Waals surface area contributed by atoms with Crippen LogP contribution >= 0.6 is 11.3 Å². The van der Waals surface area contributed by atoms with Gasteiger partial charge in [-0.05, 0) is 36.1 Å². The maximum absolute atomic E-state index is 12.1. The monoisotopic (exact) mass is 246 g/mol. The van der Waals surface area contributed by atoms with Crippen molar-refractivity contribution < 1.29 is 4.79 Å². The number of rotatable bonds is 3. The summed E-state index contributed by atoms with van der Waals surface area (Å²) in [5.41, 5.74) is 3.46. The van der Waals surface area contributed by atoms with Gasteiger partial charge in [-0.1, -0.05) is 6.07 Å². The number of benzene rings is 1. The SMILES string of the molecule is CNc1cc(C)ccc1C(=O)Nc1ccsc1. The van der Waals surface area contributed by atoms with Gasteiger partial charge in [0.25, 0.3) is 5.91 Å². The maximum Gasteiger partial charge on any atom is 0.257 e. The van der Waals surface area contributed by atoms with E-state index in [0.29, 0.717) is 5.56 Å². The first-order valence-corrected chi connectivity index (χ1v) is 6.27. The molecule has 0 unspecified atom stereocenters. The second-order valence-electron chi connectivity index (χ2n) is 3.77. The largest absolute Gasteiger partial charge is 0.387 e. The molecule has 17 heavy (non-hydrogen) atoms. The van der Waals surface area contributed by atoms with E-state index in [1.165, 1.54) is 0 Å². The molecular formula is C13H14N2OS. The van der Waals surface area contributed by atoms with Crippen LogP contribution in [-0.2, 0) is 0 Å². The number of anilines is 2. The maximum atomic E-state index is 12.1. The van der Waals surface area contributed by atoms with Crippen LogP contribution in [0.15, 0.2) is 35.0 Å². The van der Waals surface area contributed by atoms with Gasteiger partial charge < -0.3 is 10.6 Å². The standard InChI is InChI=1S/C13H14N2OS/c1-9-3-4-11(12(7-9)14-2)13(16)15-10-5-6-17-8-10/h3-8,14H,1-2H3,(H,15,16). The first-order valence-electron chi connectivity index (χ1n) is 5.32. The zero-order valence-corrected chi connectivity index (χ0v) is 10.6. The van der Waals surface area contributed by atoms with Gasteiger partial charge in [0.15, 0.2) is 0 Å². The Morgan fingerprint density at radius 3 is 2.76 bits per heavy atom. The quantitative estimate of drug-likeness (QED) is 0.872. The molecule has 2 rings (SSSR count). The Morgan fingerprint density at radius 1 is 1.29 bits per heavy atom. The van der Waals surface area contributed by atoms with Crippen LogP contribution in [0.4, 0.5) is 11.4 Å². The molecule has 0 saturated heterocycles. The van der Waals surface area contributed by atoms with Crippen LogP contribution in [0.1, 0.15) is 15.9 Å². The summed E-state index contributed by atoms with van der Waals surface area (Å²) in [6.45, 7) is 2.00. The van der Waals surface area contributed by atoms with E-state index in [4.69, 9.17) is 0 Å². The summed E-state index contributed by atoms with van der Waals surface area (Å²) in [7, 11) is 1.82. The average Bonchev–Trinajstić information content (AvgIpc) is 2.81. The molecule has 1 aromatic carbocycles. The zero-order valence-electron chi connectivity index (χ0n) is 9.78. The van der Waals surface area contributed by atoms with Gasteiger partial charge in [-0.2, -0.15) is 11.3 Å². The minimum atomic E-state index is -0.0900. The molecule has 0 fully saturated rings. The van der Waals surface area contributed by atoms with Gasteiger partial charge in [0.05, 0.1) is 11.3 Å². The van der Waals surface area contributed by atoms with Crippen LogP contribution in [0, 0.1) is 6.92 Å². The van der Waals surface area contributed by atoms with Crippen molar-refractivity contribution in [3.05, 3.63) is 46.2 Å². The van der Waals surface area contributed by atoms with Gasteiger partial charge in [-0.25, -0.2) is 0 Å². The lowest BCUT2D eigenvalue weighted by Gasteiger charge is -2.09. The van der Waals surface area contributed by atoms with Crippen molar-refractivity contribution in [2.24, 2.45) is 0 Å². The van der Waals surface area contributed by atoms with Crippen molar-refractivity contribution in [2.75, 3.05) is 17.7 Å². The zero-order chi connectivity index (χ0) is 12.3. The van der Waals surface area contributed by atoms with Gasteiger partial charge in [0.2, 0.25) is 0 Å². The van der Waals surface area contributed by atoms with Gasteiger partial charge >= 0.3 is 0 Å². The Bertz CT molecular complexity index is 520. The highest BCUT2D eigenvalue weighted by Gasteiger charge is 2.10. The second kappa shape index (κ2) is 5.01. The number of amides is 1. The van der Waals surface area contributed by atoms with Crippen LogP contribution in [0.3, 0.4) is 0 Å². The Labute approximate surface area is 104 Å². The third-order valence-electron chi connectivity index (χ3n) is 2.47. The van der Waals surface area contributed by atoms with Crippen LogP contribution in [0.25, 0.3) is 0 Å². The molecule has 1 heterocycles. The second-order valence-corrected chi connectivity index (χ2v) is 4.55. The first kappa shape index (κ1) is 11.7. The van der Waals surface area contributed by atoms with Gasteiger partial charge in [-0.15, -0.1) is 0 Å². The predicted molar refractivity (Wildman–Crippen MR) is 73.0 cm³/mol. The van der Waals surface area contributed by atoms with E-state index in [9.17, 15) is 4.79 Å². The summed E-state index contributed by atoms with van der Waals surface area (Å²) in [5.74, 6) is -0.0900. The predicted octanol–water partition coefficient (Wildman–Crippen LogP) is 3.35. The summed E-state index contributed by atoms with van der Waals surface area (Å²) < 4.78 is 0. The highest BCUT2D eigenvalue weighted by atomic mass is 32.1. The Kier molecular flexibility index (Phi) is 3.44. The highest BCUT2D eigenvalue weighted by molar-refractivity contribution is 7.08. The summed E-state index contributed by atoms with van der Waals surface area (Å²) in [4.78, 5) is 12.1. The number of thiophene rings is 1. The Morgan fingerprint density at radius 2 is 2.12 bits per heavy atom. The number of nitrogens with one attached hydrogen (secondary N) is 2. The lowest BCUT2D eigenvalue weighted by molar-refractivity contribution is 0.102. The first-order chi connectivity index (χ1) is 8.20. The lowest BCUT2D eigenvalue weighted by atomic mass is 10.1. The molecule has 0 radical (unpaired) electrons. The van der Waals surface area contributed by atoms with Crippen LogP contribution in [-0.4, -0.2) is 13.0 Å². The molecule has 2 N–H and O–H groups in total. The molecule has 0 spiro atoms. The Balaban J connectivity index is 2.24. The molecule has 0 saturated carbocycles. The van der Waals surface area contributed by atoms with Crippen molar-refractivity contribution in [3.8, 4) is 0 Å². The molecular weight excluding hydrogens is 232 g/mol. The van der Waals surface area contributed by atoms with E-state index in [0.717, 1.165) is 16.9 Å². The fourth-order valence-corrected chi connectivity index (χ4v) is 2.18. The molecule has 0 aliphatic rings. The normalized spacial score (nSPS) is 10.0. The van der Waals surface area contributed by atoms with Crippen molar-refractivity contribution in [2.45, 2.75) is 6.92 Å². The molecule has 88 valence electrons. The Hall–Kier alpha value is -1.81. The minimum absolute atomic E-state index is 0.0900. The van der Waals surface area contributed by atoms with E-state index < -0.39 is 0 Å². The fraction of sp³-hybridized carbons (Fsp3) is 0.154. The highest BCUT2D eigenvalue weighted by Crippen LogP contribution is 2.19. The summed E-state index contributed by atoms with van der Waals surface area (Å²) in [5, 5.41) is 9.74. The summed E-state index contributed by atoms with van der Waals surface area (Å²) in [6.07, 6.45) is 0. The molecule has 1 amide bonds. The van der Waals surface area contributed by atoms with E-state index >= 15 is 0 Å².